The third kappa shape index (κ3) is 7.98. The lowest BCUT2D eigenvalue weighted by atomic mass is 9.78. The Morgan fingerprint density at radius 3 is 2.14 bits per heavy atom. The van der Waals surface area contributed by atoms with Gasteiger partial charge in [-0.05, 0) is 58.3 Å². The molecule has 6 atom stereocenters. The second-order valence-corrected chi connectivity index (χ2v) is 19.6. The van der Waals surface area contributed by atoms with Crippen LogP contribution in [0.15, 0.2) is 21.7 Å². The number of likely N-dealkylation sites (N-methyl/N-ethyl adjacent to an activating group) is 1. The lowest BCUT2D eigenvalue weighted by molar-refractivity contribution is -0.145. The van der Waals surface area contributed by atoms with E-state index in [1.807, 2.05) is 55.4 Å². The molecule has 3 fully saturated rings. The first kappa shape index (κ1) is 38.8. The molecule has 15 heteroatoms. The standard InChI is InChI=1S/C34H54N6O7S2/c1-10-39(49(46,47)22-15-12-16-48-22)18-21(32(2,3)4)36-31(45)38-27(33(5,6)7)30(44)40-17-20-23(34(20,8)9)25(40)29(43)37-24(19-13-11-14-19)26(41)28(35)42/h12,15-16,19-21,23-25,27H,10-11,13-14,17-18H2,1-9H3,(H2,35,42)(H,37,43)(H2,36,38,45)/t20-,21+,23-,24?,25-,27+/m0/s1. The topological polar surface area (TPSA) is 188 Å². The van der Waals surface area contributed by atoms with Gasteiger partial charge in [-0.1, -0.05) is 74.8 Å². The minimum absolute atomic E-state index is 0.0147. The molecule has 4 rings (SSSR count). The maximum Gasteiger partial charge on any atom is 0.315 e. The quantitative estimate of drug-likeness (QED) is 0.225. The Bertz CT molecular complexity index is 1540. The van der Waals surface area contributed by atoms with Crippen LogP contribution in [-0.4, -0.2) is 91.0 Å². The van der Waals surface area contributed by atoms with Gasteiger partial charge < -0.3 is 26.6 Å². The predicted molar refractivity (Wildman–Crippen MR) is 187 cm³/mol. The molecule has 2 aliphatic carbocycles. The van der Waals surface area contributed by atoms with Crippen molar-refractivity contribution in [1.29, 1.82) is 0 Å². The Hall–Kier alpha value is -3.04. The van der Waals surface area contributed by atoms with Crippen molar-refractivity contribution in [2.24, 2.45) is 39.7 Å². The summed E-state index contributed by atoms with van der Waals surface area (Å²) in [6.07, 6.45) is 2.25. The summed E-state index contributed by atoms with van der Waals surface area (Å²) in [6, 6.07) is -1.02. The maximum atomic E-state index is 14.4. The van der Waals surface area contributed by atoms with Crippen molar-refractivity contribution in [3.8, 4) is 0 Å². The molecule has 1 aromatic rings. The highest BCUT2D eigenvalue weighted by molar-refractivity contribution is 7.91. The summed E-state index contributed by atoms with van der Waals surface area (Å²) in [5.74, 6) is -3.19. The van der Waals surface area contributed by atoms with Crippen LogP contribution in [0.2, 0.25) is 0 Å². The number of nitrogens with one attached hydrogen (secondary N) is 3. The van der Waals surface area contributed by atoms with Crippen LogP contribution in [0.1, 0.15) is 81.6 Å². The number of hydrogen-bond acceptors (Lipinski definition) is 8. The minimum Gasteiger partial charge on any atom is -0.363 e. The van der Waals surface area contributed by atoms with Gasteiger partial charge in [0.2, 0.25) is 17.6 Å². The number of Topliss-reactive ketones (excluding diaryl/α,β-unsaturated/α-hetero) is 1. The van der Waals surface area contributed by atoms with Gasteiger partial charge in [0, 0.05) is 25.7 Å². The van der Waals surface area contributed by atoms with Crippen LogP contribution in [-0.2, 0) is 29.2 Å². The van der Waals surface area contributed by atoms with E-state index in [2.05, 4.69) is 16.0 Å². The predicted octanol–water partition coefficient (Wildman–Crippen LogP) is 2.71. The first-order valence-electron chi connectivity index (χ1n) is 17.1. The van der Waals surface area contributed by atoms with Crippen molar-refractivity contribution in [2.45, 2.75) is 110 Å². The molecule has 1 unspecified atom stereocenters. The summed E-state index contributed by atoms with van der Waals surface area (Å²) in [5, 5.41) is 10.3. The zero-order chi connectivity index (χ0) is 36.9. The SMILES string of the molecule is CCN(C[C@@H](NC(=O)N[C@H](C(=O)N1C[C@H]2[C@@H]([C@H]1C(=O)NC(C(=O)C(N)=O)C1CCC1)C2(C)C)C(C)(C)C)C(C)(C)C)S(=O)(=O)c1cccs1. The van der Waals surface area contributed by atoms with Crippen LogP contribution < -0.4 is 21.7 Å². The monoisotopic (exact) mass is 722 g/mol. The molecule has 0 bridgehead atoms. The van der Waals surface area contributed by atoms with Crippen LogP contribution in [0.25, 0.3) is 0 Å². The summed E-state index contributed by atoms with van der Waals surface area (Å²) in [7, 11) is -3.78. The second-order valence-electron chi connectivity index (χ2n) is 16.5. The number of fused-ring (bicyclic) bond motifs is 1. The Kier molecular flexibility index (Phi) is 11.0. The number of sulfonamides is 1. The van der Waals surface area contributed by atoms with Crippen LogP contribution >= 0.6 is 11.3 Å². The van der Waals surface area contributed by atoms with Gasteiger partial charge in [0.25, 0.3) is 15.9 Å². The Balaban J connectivity index is 1.54. The number of thiophene rings is 1. The van der Waals surface area contributed by atoms with Crippen LogP contribution in [0.4, 0.5) is 4.79 Å². The average Bonchev–Trinajstić information content (AvgIpc) is 3.41. The average molecular weight is 723 g/mol. The van der Waals surface area contributed by atoms with Gasteiger partial charge in [-0.2, -0.15) is 4.31 Å². The highest BCUT2D eigenvalue weighted by atomic mass is 32.2. The van der Waals surface area contributed by atoms with Crippen LogP contribution in [0.5, 0.6) is 0 Å². The van der Waals surface area contributed by atoms with E-state index in [9.17, 15) is 32.4 Å². The number of piperidine rings is 1. The largest absolute Gasteiger partial charge is 0.363 e. The Morgan fingerprint density at radius 2 is 1.67 bits per heavy atom. The van der Waals surface area contributed by atoms with Crippen molar-refractivity contribution in [3.63, 3.8) is 0 Å². The number of urea groups is 1. The van der Waals surface area contributed by atoms with E-state index in [0.717, 1.165) is 17.8 Å². The molecular weight excluding hydrogens is 669 g/mol. The zero-order valence-corrected chi connectivity index (χ0v) is 31.8. The van der Waals surface area contributed by atoms with Crippen molar-refractivity contribution >= 4 is 50.9 Å². The number of amides is 5. The van der Waals surface area contributed by atoms with Crippen molar-refractivity contribution in [2.75, 3.05) is 19.6 Å². The summed E-state index contributed by atoms with van der Waals surface area (Å²) < 4.78 is 28.3. The molecule has 13 nitrogen and oxygen atoms in total. The highest BCUT2D eigenvalue weighted by Gasteiger charge is 2.70. The second kappa shape index (κ2) is 13.9. The number of carbonyl (C=O) groups is 5. The van der Waals surface area contributed by atoms with E-state index in [4.69, 9.17) is 5.73 Å². The van der Waals surface area contributed by atoms with Gasteiger partial charge in [-0.25, -0.2) is 13.2 Å². The number of carbonyl (C=O) groups excluding carboxylic acids is 5. The summed E-state index contributed by atoms with van der Waals surface area (Å²) in [5.41, 5.74) is 3.79. The molecule has 0 radical (unpaired) electrons. The highest BCUT2D eigenvalue weighted by Crippen LogP contribution is 2.65. The number of hydrogen-bond donors (Lipinski definition) is 4. The van der Waals surface area contributed by atoms with Gasteiger partial charge in [-0.15, -0.1) is 11.3 Å². The fourth-order valence-corrected chi connectivity index (χ4v) is 9.80. The first-order chi connectivity index (χ1) is 22.5. The van der Waals surface area contributed by atoms with Crippen molar-refractivity contribution in [3.05, 3.63) is 17.5 Å². The molecule has 1 saturated heterocycles. The number of rotatable bonds is 13. The van der Waals surface area contributed by atoms with E-state index in [0.29, 0.717) is 19.4 Å². The maximum absolute atomic E-state index is 14.4. The normalized spacial score (nSPS) is 23.9. The number of nitrogens with zero attached hydrogens (tertiary/aromatic N) is 2. The molecule has 2 saturated carbocycles. The Morgan fingerprint density at radius 1 is 1.04 bits per heavy atom. The molecule has 5 amide bonds. The third-order valence-electron chi connectivity index (χ3n) is 10.8. The van der Waals surface area contributed by atoms with E-state index < -0.39 is 74.6 Å². The Labute approximate surface area is 294 Å². The molecule has 0 spiro atoms. The smallest absolute Gasteiger partial charge is 0.315 e. The van der Waals surface area contributed by atoms with Crippen LogP contribution in [0.3, 0.4) is 0 Å². The summed E-state index contributed by atoms with van der Waals surface area (Å²) in [4.78, 5) is 68.1. The molecule has 2 heterocycles. The molecule has 49 heavy (non-hydrogen) atoms. The van der Waals surface area contributed by atoms with E-state index in [-0.39, 0.29) is 40.5 Å². The minimum atomic E-state index is -3.78. The first-order valence-corrected chi connectivity index (χ1v) is 19.4. The molecule has 0 aromatic carbocycles. The lowest BCUT2D eigenvalue weighted by Gasteiger charge is -2.39. The van der Waals surface area contributed by atoms with Crippen molar-refractivity contribution in [1.82, 2.24) is 25.2 Å². The fourth-order valence-electron chi connectivity index (χ4n) is 7.20. The van der Waals surface area contributed by atoms with Gasteiger partial charge in [0.1, 0.15) is 22.3 Å². The number of likely N-dealkylation sites (tertiary alicyclic amines) is 1. The summed E-state index contributed by atoms with van der Waals surface area (Å²) in [6.45, 7) is 17.5. The van der Waals surface area contributed by atoms with Crippen LogP contribution in [0, 0.1) is 34.0 Å². The van der Waals surface area contributed by atoms with Gasteiger partial charge in [0.05, 0.1) is 0 Å². The molecule has 1 aromatic heterocycles. The van der Waals surface area contributed by atoms with Gasteiger partial charge in [-0.3, -0.25) is 19.2 Å². The van der Waals surface area contributed by atoms with E-state index >= 15 is 0 Å². The fraction of sp³-hybridized carbons (Fsp3) is 0.735. The molecule has 5 N–H and O–H groups in total. The third-order valence-corrected chi connectivity index (χ3v) is 14.1. The lowest BCUT2D eigenvalue weighted by Crippen LogP contribution is -2.63. The molecule has 3 aliphatic rings. The van der Waals surface area contributed by atoms with E-state index in [1.165, 1.54) is 9.21 Å². The zero-order valence-electron chi connectivity index (χ0n) is 30.2. The van der Waals surface area contributed by atoms with E-state index in [1.54, 1.807) is 24.4 Å². The van der Waals surface area contributed by atoms with Gasteiger partial charge in [0.15, 0.2) is 0 Å². The summed E-state index contributed by atoms with van der Waals surface area (Å²) >= 11 is 1.13. The van der Waals surface area contributed by atoms with Crippen molar-refractivity contribution < 1.29 is 32.4 Å². The number of primary amides is 1. The molecule has 1 aliphatic heterocycles. The van der Waals surface area contributed by atoms with Gasteiger partial charge >= 0.3 is 6.03 Å². The number of ketones is 1. The number of nitrogens with two attached hydrogens (primary N) is 1. The molecular formula is C34H54N6O7S2. The molecule has 274 valence electrons.